The fourth-order valence-corrected chi connectivity index (χ4v) is 3.10. The molecule has 0 atom stereocenters. The van der Waals surface area contributed by atoms with Crippen LogP contribution in [0.3, 0.4) is 0 Å². The molecule has 1 fully saturated rings. The Kier molecular flexibility index (Phi) is 8.94. The second kappa shape index (κ2) is 9.91. The second-order valence-electron chi connectivity index (χ2n) is 9.77. The summed E-state index contributed by atoms with van der Waals surface area (Å²) in [6.07, 6.45) is 6.74. The van der Waals surface area contributed by atoms with Crippen LogP contribution in [0.15, 0.2) is 0 Å². The van der Waals surface area contributed by atoms with Gasteiger partial charge >= 0.3 is 0 Å². The summed E-state index contributed by atoms with van der Waals surface area (Å²) in [6.45, 7) is 18.1. The molecule has 1 aliphatic rings. The Morgan fingerprint density at radius 2 is 1.67 bits per heavy atom. The van der Waals surface area contributed by atoms with Gasteiger partial charge in [0.05, 0.1) is 6.61 Å². The van der Waals surface area contributed by atoms with Crippen molar-refractivity contribution in [2.75, 3.05) is 32.8 Å². The minimum Gasteiger partial charge on any atom is -0.380 e. The van der Waals surface area contributed by atoms with Crippen LogP contribution in [0.4, 0.5) is 0 Å². The van der Waals surface area contributed by atoms with Crippen molar-refractivity contribution in [2.45, 2.75) is 80.1 Å². The van der Waals surface area contributed by atoms with Crippen LogP contribution in [-0.4, -0.2) is 43.5 Å². The van der Waals surface area contributed by atoms with Crippen LogP contribution >= 0.6 is 0 Å². The molecule has 1 heterocycles. The molecule has 1 rings (SSSR count). The molecule has 3 heteroatoms. The van der Waals surface area contributed by atoms with Crippen molar-refractivity contribution in [2.24, 2.45) is 16.7 Å². The van der Waals surface area contributed by atoms with Crippen molar-refractivity contribution >= 4 is 5.78 Å². The van der Waals surface area contributed by atoms with Gasteiger partial charge in [0.15, 0.2) is 0 Å². The molecule has 1 aliphatic heterocycles. The van der Waals surface area contributed by atoms with Gasteiger partial charge in [-0.15, -0.1) is 0 Å². The van der Waals surface area contributed by atoms with E-state index in [4.69, 9.17) is 4.74 Å². The van der Waals surface area contributed by atoms with Crippen LogP contribution in [-0.2, 0) is 9.53 Å². The SMILES string of the molecule is CC(C)(C)CCOCCN1CCC(CCCC(=O)C(C)(C)C)CC1. The predicted molar refractivity (Wildman–Crippen MR) is 102 cm³/mol. The average molecular weight is 340 g/mol. The number of ether oxygens (including phenoxy) is 1. The number of nitrogens with zero attached hydrogens (tertiary/aromatic N) is 1. The third kappa shape index (κ3) is 9.78. The van der Waals surface area contributed by atoms with Gasteiger partial charge in [0, 0.05) is 25.0 Å². The van der Waals surface area contributed by atoms with E-state index in [0.29, 0.717) is 11.2 Å². The maximum atomic E-state index is 12.0. The highest BCUT2D eigenvalue weighted by atomic mass is 16.5. The molecule has 3 nitrogen and oxygen atoms in total. The maximum absolute atomic E-state index is 12.0. The molecular weight excluding hydrogens is 298 g/mol. The third-order valence-corrected chi connectivity index (χ3v) is 5.11. The van der Waals surface area contributed by atoms with E-state index in [1.54, 1.807) is 0 Å². The summed E-state index contributed by atoms with van der Waals surface area (Å²) >= 11 is 0. The largest absolute Gasteiger partial charge is 0.380 e. The highest BCUT2D eigenvalue weighted by molar-refractivity contribution is 5.83. The standard InChI is InChI=1S/C21H41NO2/c1-20(2,3)12-16-24-17-15-22-13-10-18(11-14-22)8-7-9-19(23)21(4,5)6/h18H,7-17H2,1-6H3. The first kappa shape index (κ1) is 21.6. The molecular formula is C21H41NO2. The zero-order valence-electron chi connectivity index (χ0n) is 17.1. The quantitative estimate of drug-likeness (QED) is 0.557. The van der Waals surface area contributed by atoms with Crippen molar-refractivity contribution in [3.63, 3.8) is 0 Å². The summed E-state index contributed by atoms with van der Waals surface area (Å²) in [4.78, 5) is 14.5. The second-order valence-corrected chi connectivity index (χ2v) is 9.77. The smallest absolute Gasteiger partial charge is 0.138 e. The van der Waals surface area contributed by atoms with Gasteiger partial charge in [0.2, 0.25) is 0 Å². The van der Waals surface area contributed by atoms with Crippen molar-refractivity contribution in [3.05, 3.63) is 0 Å². The normalized spacial score (nSPS) is 18.1. The molecule has 0 amide bonds. The lowest BCUT2D eigenvalue weighted by Gasteiger charge is -2.32. The van der Waals surface area contributed by atoms with Crippen LogP contribution in [0.25, 0.3) is 0 Å². The summed E-state index contributed by atoms with van der Waals surface area (Å²) in [5.41, 5.74) is 0.197. The Hall–Kier alpha value is -0.410. The molecule has 1 saturated heterocycles. The highest BCUT2D eigenvalue weighted by Gasteiger charge is 2.22. The molecule has 0 aromatic heterocycles. The summed E-state index contributed by atoms with van der Waals surface area (Å²) in [6, 6.07) is 0. The van der Waals surface area contributed by atoms with Gasteiger partial charge in [-0.05, 0) is 56.5 Å². The van der Waals surface area contributed by atoms with E-state index < -0.39 is 0 Å². The van der Waals surface area contributed by atoms with Gasteiger partial charge in [-0.25, -0.2) is 0 Å². The lowest BCUT2D eigenvalue weighted by Crippen LogP contribution is -2.36. The monoisotopic (exact) mass is 339 g/mol. The van der Waals surface area contributed by atoms with E-state index in [2.05, 4.69) is 25.7 Å². The third-order valence-electron chi connectivity index (χ3n) is 5.11. The molecule has 0 saturated carbocycles. The first-order valence-electron chi connectivity index (χ1n) is 9.91. The number of likely N-dealkylation sites (tertiary alicyclic amines) is 1. The van der Waals surface area contributed by atoms with Crippen LogP contribution in [0.5, 0.6) is 0 Å². The van der Waals surface area contributed by atoms with Crippen LogP contribution < -0.4 is 0 Å². The average Bonchev–Trinajstić information content (AvgIpc) is 2.46. The molecule has 0 aromatic rings. The van der Waals surface area contributed by atoms with Crippen LogP contribution in [0, 0.1) is 16.7 Å². The fourth-order valence-electron chi connectivity index (χ4n) is 3.10. The summed E-state index contributed by atoms with van der Waals surface area (Å²) in [7, 11) is 0. The number of rotatable bonds is 9. The Morgan fingerprint density at radius 1 is 1.04 bits per heavy atom. The molecule has 0 radical (unpaired) electrons. The van der Waals surface area contributed by atoms with Crippen molar-refractivity contribution in [1.29, 1.82) is 0 Å². The minimum atomic E-state index is -0.170. The Bertz CT molecular complexity index is 357. The summed E-state index contributed by atoms with van der Waals surface area (Å²) in [5.74, 6) is 1.23. The van der Waals surface area contributed by atoms with Crippen LogP contribution in [0.1, 0.15) is 80.1 Å². The molecule has 0 N–H and O–H groups in total. The number of carbonyl (C=O) groups is 1. The molecule has 0 bridgehead atoms. The van der Waals surface area contributed by atoms with Crippen LogP contribution in [0.2, 0.25) is 0 Å². The Morgan fingerprint density at radius 3 is 2.21 bits per heavy atom. The summed E-state index contributed by atoms with van der Waals surface area (Å²) in [5, 5.41) is 0. The van der Waals surface area contributed by atoms with Crippen molar-refractivity contribution < 1.29 is 9.53 Å². The first-order valence-corrected chi connectivity index (χ1v) is 9.91. The number of ketones is 1. The molecule has 0 spiro atoms. The van der Waals surface area contributed by atoms with E-state index in [9.17, 15) is 4.79 Å². The Balaban J connectivity index is 2.05. The molecule has 0 unspecified atom stereocenters. The number of hydrogen-bond acceptors (Lipinski definition) is 3. The molecule has 0 aromatic carbocycles. The van der Waals surface area contributed by atoms with E-state index in [0.717, 1.165) is 44.9 Å². The van der Waals surface area contributed by atoms with Crippen molar-refractivity contribution in [3.8, 4) is 0 Å². The predicted octanol–water partition coefficient (Wildman–Crippen LogP) is 4.94. The number of piperidine rings is 1. The Labute approximate surface area is 150 Å². The van der Waals surface area contributed by atoms with Gasteiger partial charge < -0.3 is 9.64 Å². The van der Waals surface area contributed by atoms with Gasteiger partial charge in [-0.1, -0.05) is 41.5 Å². The zero-order valence-corrected chi connectivity index (χ0v) is 17.1. The highest BCUT2D eigenvalue weighted by Crippen LogP contribution is 2.25. The van der Waals surface area contributed by atoms with Crippen molar-refractivity contribution in [1.82, 2.24) is 4.90 Å². The van der Waals surface area contributed by atoms with Gasteiger partial charge in [-0.2, -0.15) is 0 Å². The molecule has 24 heavy (non-hydrogen) atoms. The van der Waals surface area contributed by atoms with E-state index >= 15 is 0 Å². The molecule has 0 aliphatic carbocycles. The van der Waals surface area contributed by atoms with Gasteiger partial charge in [0.1, 0.15) is 5.78 Å². The topological polar surface area (TPSA) is 29.5 Å². The first-order chi connectivity index (χ1) is 11.1. The molecule has 142 valence electrons. The maximum Gasteiger partial charge on any atom is 0.138 e. The number of Topliss-reactive ketones (excluding diaryl/α,β-unsaturated/α-hetero) is 1. The fraction of sp³-hybridized carbons (Fsp3) is 0.952. The number of hydrogen-bond donors (Lipinski definition) is 0. The number of carbonyl (C=O) groups excluding carboxylic acids is 1. The lowest BCUT2D eigenvalue weighted by atomic mass is 9.85. The van der Waals surface area contributed by atoms with Gasteiger partial charge in [-0.3, -0.25) is 4.79 Å². The van der Waals surface area contributed by atoms with Gasteiger partial charge in [0.25, 0.3) is 0 Å². The van der Waals surface area contributed by atoms with E-state index in [1.807, 2.05) is 20.8 Å². The minimum absolute atomic E-state index is 0.170. The zero-order chi connectivity index (χ0) is 18.2. The summed E-state index contributed by atoms with van der Waals surface area (Å²) < 4.78 is 5.78. The lowest BCUT2D eigenvalue weighted by molar-refractivity contribution is -0.126. The van der Waals surface area contributed by atoms with E-state index in [-0.39, 0.29) is 5.41 Å². The van der Waals surface area contributed by atoms with E-state index in [1.165, 1.54) is 32.4 Å².